The van der Waals surface area contributed by atoms with Gasteiger partial charge in [0.05, 0.1) is 13.2 Å². The minimum absolute atomic E-state index is 0.581. The van der Waals surface area contributed by atoms with Crippen molar-refractivity contribution in [2.24, 2.45) is 5.73 Å². The summed E-state index contributed by atoms with van der Waals surface area (Å²) in [5.41, 5.74) is 5.84. The van der Waals surface area contributed by atoms with Gasteiger partial charge < -0.3 is 15.2 Å². The van der Waals surface area contributed by atoms with Crippen LogP contribution < -0.4 is 5.73 Å². The third kappa shape index (κ3) is 5.34. The van der Waals surface area contributed by atoms with Gasteiger partial charge in [0, 0.05) is 38.9 Å². The van der Waals surface area contributed by atoms with Crippen molar-refractivity contribution in [3.05, 3.63) is 0 Å². The molecule has 0 aromatic heterocycles. The lowest BCUT2D eigenvalue weighted by Crippen LogP contribution is -2.49. The van der Waals surface area contributed by atoms with Crippen molar-refractivity contribution in [3.63, 3.8) is 0 Å². The number of nitrogens with zero attached hydrogens (tertiary/aromatic N) is 1. The van der Waals surface area contributed by atoms with Gasteiger partial charge in [0.15, 0.2) is 0 Å². The molecule has 17 heavy (non-hydrogen) atoms. The average molecular weight is 244 g/mol. The Labute approximate surface area is 105 Å². The van der Waals surface area contributed by atoms with Crippen LogP contribution in [0.4, 0.5) is 0 Å². The molecule has 0 amide bonds. The van der Waals surface area contributed by atoms with E-state index in [0.29, 0.717) is 25.3 Å². The molecule has 2 atom stereocenters. The predicted octanol–water partition coefficient (Wildman–Crippen LogP) is 1.24. The highest BCUT2D eigenvalue weighted by molar-refractivity contribution is 4.82. The Hall–Kier alpha value is -0.160. The number of rotatable bonds is 8. The molecule has 1 rings (SSSR count). The molecule has 0 spiro atoms. The fraction of sp³-hybridized carbons (Fsp3) is 1.00. The van der Waals surface area contributed by atoms with Gasteiger partial charge in [-0.25, -0.2) is 0 Å². The number of hydrogen-bond donors (Lipinski definition) is 1. The zero-order valence-corrected chi connectivity index (χ0v) is 11.4. The highest BCUT2D eigenvalue weighted by atomic mass is 16.5. The van der Waals surface area contributed by atoms with Gasteiger partial charge in [-0.1, -0.05) is 6.42 Å². The van der Waals surface area contributed by atoms with Crippen LogP contribution in [0.2, 0.25) is 0 Å². The van der Waals surface area contributed by atoms with E-state index in [9.17, 15) is 0 Å². The van der Waals surface area contributed by atoms with E-state index in [1.807, 2.05) is 0 Å². The van der Waals surface area contributed by atoms with E-state index >= 15 is 0 Å². The molecule has 4 heteroatoms. The van der Waals surface area contributed by atoms with Gasteiger partial charge in [-0.15, -0.1) is 0 Å². The Bertz CT molecular complexity index is 190. The van der Waals surface area contributed by atoms with E-state index < -0.39 is 0 Å². The summed E-state index contributed by atoms with van der Waals surface area (Å²) in [6.07, 6.45) is 4.97. The number of hydrogen-bond acceptors (Lipinski definition) is 4. The minimum atomic E-state index is 0.581. The third-order valence-electron chi connectivity index (χ3n) is 3.60. The van der Waals surface area contributed by atoms with Gasteiger partial charge >= 0.3 is 0 Å². The van der Waals surface area contributed by atoms with Gasteiger partial charge in [-0.05, 0) is 26.2 Å². The minimum Gasteiger partial charge on any atom is -0.382 e. The van der Waals surface area contributed by atoms with Crippen molar-refractivity contribution in [1.29, 1.82) is 0 Å². The summed E-state index contributed by atoms with van der Waals surface area (Å²) < 4.78 is 10.4. The lowest BCUT2D eigenvalue weighted by Gasteiger charge is -2.40. The molecule has 0 aliphatic carbocycles. The number of piperidine rings is 1. The van der Waals surface area contributed by atoms with Crippen LogP contribution in [0.1, 0.15) is 32.6 Å². The number of nitrogens with two attached hydrogens (primary N) is 1. The molecule has 102 valence electrons. The van der Waals surface area contributed by atoms with Gasteiger partial charge in [0.25, 0.3) is 0 Å². The Morgan fingerprint density at radius 2 is 2.06 bits per heavy atom. The second kappa shape index (κ2) is 8.86. The van der Waals surface area contributed by atoms with Crippen molar-refractivity contribution in [1.82, 2.24) is 4.90 Å². The summed E-state index contributed by atoms with van der Waals surface area (Å²) in [6, 6.07) is 1.26. The van der Waals surface area contributed by atoms with Crippen molar-refractivity contribution < 1.29 is 9.47 Å². The maximum absolute atomic E-state index is 5.84. The third-order valence-corrected chi connectivity index (χ3v) is 3.60. The molecule has 0 bridgehead atoms. The fourth-order valence-electron chi connectivity index (χ4n) is 2.59. The van der Waals surface area contributed by atoms with Crippen LogP contribution in [-0.4, -0.2) is 57.0 Å². The Balaban J connectivity index is 2.14. The van der Waals surface area contributed by atoms with Crippen LogP contribution in [0.3, 0.4) is 0 Å². The van der Waals surface area contributed by atoms with Gasteiger partial charge in [0.2, 0.25) is 0 Å². The van der Waals surface area contributed by atoms with Crippen LogP contribution >= 0.6 is 0 Å². The lowest BCUT2D eigenvalue weighted by atomic mass is 9.96. The largest absolute Gasteiger partial charge is 0.382 e. The van der Waals surface area contributed by atoms with E-state index in [-0.39, 0.29) is 0 Å². The van der Waals surface area contributed by atoms with E-state index in [2.05, 4.69) is 11.8 Å². The maximum Gasteiger partial charge on any atom is 0.0700 e. The van der Waals surface area contributed by atoms with Gasteiger partial charge in [-0.3, -0.25) is 4.90 Å². The van der Waals surface area contributed by atoms with E-state index in [0.717, 1.165) is 26.1 Å². The van der Waals surface area contributed by atoms with Crippen molar-refractivity contribution in [3.8, 4) is 0 Å². The first-order chi connectivity index (χ1) is 8.29. The van der Waals surface area contributed by atoms with Crippen molar-refractivity contribution in [2.45, 2.75) is 44.7 Å². The molecule has 1 saturated heterocycles. The second-order valence-corrected chi connectivity index (χ2v) is 4.87. The zero-order valence-electron chi connectivity index (χ0n) is 11.4. The first kappa shape index (κ1) is 14.9. The molecule has 4 nitrogen and oxygen atoms in total. The standard InChI is InChI=1S/C13H28N2O2/c1-12-5-3-6-13(11-14)15(12)7-4-8-17-10-9-16-2/h12-13H,3-11,14H2,1-2H3. The van der Waals surface area contributed by atoms with Crippen molar-refractivity contribution >= 4 is 0 Å². The Kier molecular flexibility index (Phi) is 7.77. The summed E-state index contributed by atoms with van der Waals surface area (Å²) in [7, 11) is 1.70. The van der Waals surface area contributed by atoms with Crippen LogP contribution in [0.15, 0.2) is 0 Å². The zero-order chi connectivity index (χ0) is 12.5. The summed E-state index contributed by atoms with van der Waals surface area (Å²) in [4.78, 5) is 2.56. The maximum atomic E-state index is 5.84. The summed E-state index contributed by atoms with van der Waals surface area (Å²) in [6.45, 7) is 6.42. The average Bonchev–Trinajstić information content (AvgIpc) is 2.35. The summed E-state index contributed by atoms with van der Waals surface area (Å²) in [5, 5.41) is 0. The molecule has 0 aromatic rings. The molecule has 2 N–H and O–H groups in total. The molecule has 0 radical (unpaired) electrons. The van der Waals surface area contributed by atoms with Crippen LogP contribution in [-0.2, 0) is 9.47 Å². The highest BCUT2D eigenvalue weighted by Gasteiger charge is 2.25. The molecule has 1 fully saturated rings. The van der Waals surface area contributed by atoms with Crippen LogP contribution in [0.5, 0.6) is 0 Å². The Morgan fingerprint density at radius 3 is 2.76 bits per heavy atom. The fourth-order valence-corrected chi connectivity index (χ4v) is 2.59. The smallest absolute Gasteiger partial charge is 0.0700 e. The molecule has 1 heterocycles. The van der Waals surface area contributed by atoms with Gasteiger partial charge in [0.1, 0.15) is 0 Å². The molecule has 1 aliphatic heterocycles. The molecule has 0 aromatic carbocycles. The number of ether oxygens (including phenoxy) is 2. The topological polar surface area (TPSA) is 47.7 Å². The van der Waals surface area contributed by atoms with Crippen LogP contribution in [0, 0.1) is 0 Å². The van der Waals surface area contributed by atoms with E-state index in [1.165, 1.54) is 19.3 Å². The quantitative estimate of drug-likeness (QED) is 0.653. The first-order valence-corrected chi connectivity index (χ1v) is 6.82. The molecule has 2 unspecified atom stereocenters. The predicted molar refractivity (Wildman–Crippen MR) is 70.2 cm³/mol. The lowest BCUT2D eigenvalue weighted by molar-refractivity contribution is 0.0504. The Morgan fingerprint density at radius 1 is 1.24 bits per heavy atom. The van der Waals surface area contributed by atoms with Gasteiger partial charge in [-0.2, -0.15) is 0 Å². The second-order valence-electron chi connectivity index (χ2n) is 4.87. The highest BCUT2D eigenvalue weighted by Crippen LogP contribution is 2.22. The first-order valence-electron chi connectivity index (χ1n) is 6.82. The monoisotopic (exact) mass is 244 g/mol. The number of methoxy groups -OCH3 is 1. The molecule has 0 saturated carbocycles. The SMILES string of the molecule is COCCOCCCN1C(C)CCCC1CN. The molecular weight excluding hydrogens is 216 g/mol. The summed E-state index contributed by atoms with van der Waals surface area (Å²) in [5.74, 6) is 0. The molecular formula is C13H28N2O2. The molecule has 1 aliphatic rings. The van der Waals surface area contributed by atoms with Crippen LogP contribution in [0.25, 0.3) is 0 Å². The van der Waals surface area contributed by atoms with E-state index in [4.69, 9.17) is 15.2 Å². The number of likely N-dealkylation sites (tertiary alicyclic amines) is 1. The van der Waals surface area contributed by atoms with E-state index in [1.54, 1.807) is 7.11 Å². The normalized spacial score (nSPS) is 26.3. The van der Waals surface area contributed by atoms with Crippen molar-refractivity contribution in [2.75, 3.05) is 40.0 Å². The summed E-state index contributed by atoms with van der Waals surface area (Å²) >= 11 is 0.